The van der Waals surface area contributed by atoms with Crippen molar-refractivity contribution in [3.05, 3.63) is 46.8 Å². The Labute approximate surface area is 106 Å². The number of nitrogens with one attached hydrogen (secondary N) is 1. The van der Waals surface area contributed by atoms with E-state index in [9.17, 15) is 4.79 Å². The van der Waals surface area contributed by atoms with Gasteiger partial charge in [0, 0.05) is 11.8 Å². The number of aryl methyl sites for hydroxylation is 3. The van der Waals surface area contributed by atoms with Crippen LogP contribution in [-0.2, 0) is 11.2 Å². The van der Waals surface area contributed by atoms with E-state index in [4.69, 9.17) is 4.52 Å². The van der Waals surface area contributed by atoms with E-state index < -0.39 is 0 Å². The molecule has 1 N–H and O–H groups in total. The van der Waals surface area contributed by atoms with Gasteiger partial charge in [0.1, 0.15) is 5.76 Å². The SMILES string of the molecule is Cc1ccc(NC(=O)Cc2cc(C)on2)c(C)c1. The van der Waals surface area contributed by atoms with Gasteiger partial charge in [-0.3, -0.25) is 4.79 Å². The van der Waals surface area contributed by atoms with Crippen molar-refractivity contribution < 1.29 is 9.32 Å². The monoisotopic (exact) mass is 244 g/mol. The van der Waals surface area contributed by atoms with Gasteiger partial charge in [-0.25, -0.2) is 0 Å². The van der Waals surface area contributed by atoms with Crippen molar-refractivity contribution in [2.45, 2.75) is 27.2 Å². The number of benzene rings is 1. The van der Waals surface area contributed by atoms with Crippen LogP contribution in [0.3, 0.4) is 0 Å². The molecule has 4 heteroatoms. The molecule has 1 aromatic heterocycles. The predicted octanol–water partition coefficient (Wildman–Crippen LogP) is 2.78. The third kappa shape index (κ3) is 2.97. The van der Waals surface area contributed by atoms with Crippen molar-refractivity contribution in [1.29, 1.82) is 0 Å². The van der Waals surface area contributed by atoms with Crippen LogP contribution < -0.4 is 5.32 Å². The first-order chi connectivity index (χ1) is 8.54. The average molecular weight is 244 g/mol. The van der Waals surface area contributed by atoms with Gasteiger partial charge >= 0.3 is 0 Å². The van der Waals surface area contributed by atoms with E-state index in [1.54, 1.807) is 13.0 Å². The third-order valence-corrected chi connectivity index (χ3v) is 2.67. The standard InChI is InChI=1S/C14H16N2O2/c1-9-4-5-13(10(2)6-9)15-14(17)8-12-7-11(3)18-16-12/h4-7H,8H2,1-3H3,(H,15,17). The Kier molecular flexibility index (Phi) is 3.46. The van der Waals surface area contributed by atoms with Crippen molar-refractivity contribution in [2.24, 2.45) is 0 Å². The molecule has 0 fully saturated rings. The molecule has 0 spiro atoms. The fourth-order valence-electron chi connectivity index (χ4n) is 1.81. The minimum absolute atomic E-state index is 0.0877. The highest BCUT2D eigenvalue weighted by Crippen LogP contribution is 2.16. The lowest BCUT2D eigenvalue weighted by Gasteiger charge is -2.08. The normalized spacial score (nSPS) is 10.4. The molecule has 0 aliphatic rings. The van der Waals surface area contributed by atoms with Crippen LogP contribution in [0.4, 0.5) is 5.69 Å². The molecule has 0 unspecified atom stereocenters. The highest BCUT2D eigenvalue weighted by atomic mass is 16.5. The summed E-state index contributed by atoms with van der Waals surface area (Å²) >= 11 is 0. The Morgan fingerprint density at radius 2 is 2.06 bits per heavy atom. The summed E-state index contributed by atoms with van der Waals surface area (Å²) < 4.78 is 4.93. The molecule has 0 atom stereocenters. The second-order valence-corrected chi connectivity index (χ2v) is 4.47. The lowest BCUT2D eigenvalue weighted by Crippen LogP contribution is -2.15. The summed E-state index contributed by atoms with van der Waals surface area (Å²) in [5.41, 5.74) is 3.72. The number of rotatable bonds is 3. The number of anilines is 1. The molecule has 0 aliphatic heterocycles. The zero-order valence-electron chi connectivity index (χ0n) is 10.8. The van der Waals surface area contributed by atoms with Crippen LogP contribution >= 0.6 is 0 Å². The maximum Gasteiger partial charge on any atom is 0.230 e. The average Bonchev–Trinajstić information content (AvgIpc) is 2.68. The van der Waals surface area contributed by atoms with Gasteiger partial charge in [0.15, 0.2) is 0 Å². The van der Waals surface area contributed by atoms with Crippen molar-refractivity contribution >= 4 is 11.6 Å². The Morgan fingerprint density at radius 3 is 2.67 bits per heavy atom. The van der Waals surface area contributed by atoms with E-state index in [-0.39, 0.29) is 12.3 Å². The van der Waals surface area contributed by atoms with Crippen molar-refractivity contribution in [1.82, 2.24) is 5.16 Å². The molecule has 0 bridgehead atoms. The van der Waals surface area contributed by atoms with Crippen LogP contribution in [0.5, 0.6) is 0 Å². The minimum Gasteiger partial charge on any atom is -0.361 e. The highest BCUT2D eigenvalue weighted by Gasteiger charge is 2.09. The topological polar surface area (TPSA) is 55.1 Å². The van der Waals surface area contributed by atoms with Crippen LogP contribution in [0, 0.1) is 20.8 Å². The quantitative estimate of drug-likeness (QED) is 0.903. The van der Waals surface area contributed by atoms with E-state index in [1.807, 2.05) is 32.0 Å². The molecule has 1 heterocycles. The molecular formula is C14H16N2O2. The molecular weight excluding hydrogens is 228 g/mol. The number of aromatic nitrogens is 1. The maximum absolute atomic E-state index is 11.8. The predicted molar refractivity (Wildman–Crippen MR) is 69.5 cm³/mol. The van der Waals surface area contributed by atoms with Gasteiger partial charge in [-0.2, -0.15) is 0 Å². The first-order valence-electron chi connectivity index (χ1n) is 5.84. The molecule has 1 amide bonds. The Morgan fingerprint density at radius 1 is 1.28 bits per heavy atom. The Balaban J connectivity index is 2.03. The smallest absolute Gasteiger partial charge is 0.230 e. The van der Waals surface area contributed by atoms with E-state index in [1.165, 1.54) is 5.56 Å². The zero-order valence-corrected chi connectivity index (χ0v) is 10.8. The zero-order chi connectivity index (χ0) is 13.1. The Hall–Kier alpha value is -2.10. The third-order valence-electron chi connectivity index (χ3n) is 2.67. The fourth-order valence-corrected chi connectivity index (χ4v) is 1.81. The van der Waals surface area contributed by atoms with Crippen LogP contribution in [0.25, 0.3) is 0 Å². The van der Waals surface area contributed by atoms with Crippen LogP contribution in [0.1, 0.15) is 22.6 Å². The molecule has 4 nitrogen and oxygen atoms in total. The summed E-state index contributed by atoms with van der Waals surface area (Å²) in [4.78, 5) is 11.8. The highest BCUT2D eigenvalue weighted by molar-refractivity contribution is 5.92. The molecule has 2 aromatic rings. The van der Waals surface area contributed by atoms with E-state index in [2.05, 4.69) is 10.5 Å². The minimum atomic E-state index is -0.0877. The van der Waals surface area contributed by atoms with Gasteiger partial charge < -0.3 is 9.84 Å². The van der Waals surface area contributed by atoms with E-state index >= 15 is 0 Å². The van der Waals surface area contributed by atoms with Crippen molar-refractivity contribution in [3.8, 4) is 0 Å². The molecule has 0 aliphatic carbocycles. The number of carbonyl (C=O) groups excluding carboxylic acids is 1. The first-order valence-corrected chi connectivity index (χ1v) is 5.84. The lowest BCUT2D eigenvalue weighted by atomic mass is 10.1. The van der Waals surface area contributed by atoms with Gasteiger partial charge in [-0.05, 0) is 32.4 Å². The summed E-state index contributed by atoms with van der Waals surface area (Å²) in [5, 5.41) is 6.67. The molecule has 18 heavy (non-hydrogen) atoms. The van der Waals surface area contributed by atoms with Crippen LogP contribution in [0.2, 0.25) is 0 Å². The lowest BCUT2D eigenvalue weighted by molar-refractivity contribution is -0.115. The molecule has 0 saturated carbocycles. The summed E-state index contributed by atoms with van der Waals surface area (Å²) in [6, 6.07) is 7.69. The van der Waals surface area contributed by atoms with Gasteiger partial charge in [0.2, 0.25) is 5.91 Å². The Bertz CT molecular complexity index is 573. The first kappa shape index (κ1) is 12.4. The van der Waals surface area contributed by atoms with E-state index in [0.717, 1.165) is 11.3 Å². The molecule has 2 rings (SSSR count). The molecule has 94 valence electrons. The van der Waals surface area contributed by atoms with Gasteiger partial charge in [0.05, 0.1) is 12.1 Å². The van der Waals surface area contributed by atoms with Crippen LogP contribution in [0.15, 0.2) is 28.8 Å². The van der Waals surface area contributed by atoms with Gasteiger partial charge in [-0.1, -0.05) is 22.9 Å². The largest absolute Gasteiger partial charge is 0.361 e. The number of amides is 1. The number of carbonyl (C=O) groups is 1. The fraction of sp³-hybridized carbons (Fsp3) is 0.286. The van der Waals surface area contributed by atoms with Crippen LogP contribution in [-0.4, -0.2) is 11.1 Å². The van der Waals surface area contributed by atoms with E-state index in [0.29, 0.717) is 11.5 Å². The second-order valence-electron chi connectivity index (χ2n) is 4.47. The second kappa shape index (κ2) is 5.04. The van der Waals surface area contributed by atoms with Gasteiger partial charge in [-0.15, -0.1) is 0 Å². The summed E-state index contributed by atoms with van der Waals surface area (Å²) in [7, 11) is 0. The maximum atomic E-state index is 11.8. The molecule has 0 saturated heterocycles. The van der Waals surface area contributed by atoms with Crippen molar-refractivity contribution in [3.63, 3.8) is 0 Å². The summed E-state index contributed by atoms with van der Waals surface area (Å²) in [5.74, 6) is 0.625. The molecule has 0 radical (unpaired) electrons. The number of hydrogen-bond acceptors (Lipinski definition) is 3. The van der Waals surface area contributed by atoms with Crippen molar-refractivity contribution in [2.75, 3.05) is 5.32 Å². The number of nitrogens with zero attached hydrogens (tertiary/aromatic N) is 1. The summed E-state index contributed by atoms with van der Waals surface area (Å²) in [6.07, 6.45) is 0.227. The van der Waals surface area contributed by atoms with Gasteiger partial charge in [0.25, 0.3) is 0 Å². The molecule has 1 aromatic carbocycles. The summed E-state index contributed by atoms with van der Waals surface area (Å²) in [6.45, 7) is 5.80. The number of hydrogen-bond donors (Lipinski definition) is 1.